The summed E-state index contributed by atoms with van der Waals surface area (Å²) in [7, 11) is 1.63. The number of nitrogens with zero attached hydrogens (tertiary/aromatic N) is 5. The van der Waals surface area contributed by atoms with Gasteiger partial charge in [0.15, 0.2) is 0 Å². The number of nitrogens with one attached hydrogen (secondary N) is 1. The van der Waals surface area contributed by atoms with E-state index in [1.54, 1.807) is 26.1 Å². The van der Waals surface area contributed by atoms with E-state index in [4.69, 9.17) is 0 Å². The SMILES string of the molecule is Cc1nn(C)c(Nc2ccc(N3CCC(O)CC3)c(C#N)c2)c1[N+](=O)[O-]. The fourth-order valence-corrected chi connectivity index (χ4v) is 3.23. The van der Waals surface area contributed by atoms with Gasteiger partial charge in [0.1, 0.15) is 11.8 Å². The number of hydrogen-bond acceptors (Lipinski definition) is 7. The molecule has 1 fully saturated rings. The number of aromatic nitrogens is 2. The Morgan fingerprint density at radius 1 is 1.42 bits per heavy atom. The molecule has 2 N–H and O–H groups in total. The Hall–Kier alpha value is -3.12. The molecule has 0 unspecified atom stereocenters. The van der Waals surface area contributed by atoms with Crippen molar-refractivity contribution in [3.8, 4) is 6.07 Å². The summed E-state index contributed by atoms with van der Waals surface area (Å²) in [4.78, 5) is 12.9. The number of nitro groups is 1. The van der Waals surface area contributed by atoms with E-state index in [9.17, 15) is 20.5 Å². The summed E-state index contributed by atoms with van der Waals surface area (Å²) < 4.78 is 1.42. The number of aliphatic hydroxyl groups excluding tert-OH is 1. The third kappa shape index (κ3) is 3.32. The van der Waals surface area contributed by atoms with Crippen LogP contribution in [0.4, 0.5) is 22.9 Å². The molecular formula is C17H20N6O3. The molecule has 0 saturated carbocycles. The summed E-state index contributed by atoms with van der Waals surface area (Å²) in [5.41, 5.74) is 2.10. The standard InChI is InChI=1S/C17H20N6O3/c1-11-16(23(25)26)17(21(2)20-11)19-13-3-4-15(12(9-13)10-18)22-7-5-14(24)6-8-22/h3-4,9,14,19,24H,5-8H2,1-2H3. The number of piperidine rings is 1. The molecule has 2 heterocycles. The number of rotatable bonds is 4. The molecule has 0 amide bonds. The fourth-order valence-electron chi connectivity index (χ4n) is 3.23. The van der Waals surface area contributed by atoms with Crippen LogP contribution in [0.3, 0.4) is 0 Å². The topological polar surface area (TPSA) is 120 Å². The van der Waals surface area contributed by atoms with Crippen molar-refractivity contribution in [3.05, 3.63) is 39.6 Å². The summed E-state index contributed by atoms with van der Waals surface area (Å²) in [6.07, 6.45) is 1.06. The smallest absolute Gasteiger partial charge is 0.334 e. The zero-order chi connectivity index (χ0) is 18.8. The van der Waals surface area contributed by atoms with Crippen LogP contribution in [0.2, 0.25) is 0 Å². The Bertz CT molecular complexity index is 877. The number of benzene rings is 1. The molecule has 26 heavy (non-hydrogen) atoms. The Labute approximate surface area is 150 Å². The van der Waals surface area contributed by atoms with Crippen molar-refractivity contribution in [1.82, 2.24) is 9.78 Å². The lowest BCUT2D eigenvalue weighted by Gasteiger charge is -2.32. The van der Waals surface area contributed by atoms with Crippen LogP contribution in [-0.4, -0.2) is 39.0 Å². The van der Waals surface area contributed by atoms with Gasteiger partial charge in [0.25, 0.3) is 0 Å². The zero-order valence-corrected chi connectivity index (χ0v) is 14.6. The Kier molecular flexibility index (Phi) is 4.77. The van der Waals surface area contributed by atoms with Crippen molar-refractivity contribution in [2.45, 2.75) is 25.9 Å². The third-order valence-corrected chi connectivity index (χ3v) is 4.56. The number of aryl methyl sites for hydroxylation is 2. The predicted octanol–water partition coefficient (Wildman–Crippen LogP) is 2.21. The second-order valence-corrected chi connectivity index (χ2v) is 6.35. The molecule has 2 aromatic rings. The minimum Gasteiger partial charge on any atom is -0.393 e. The van der Waals surface area contributed by atoms with Crippen LogP contribution in [0.1, 0.15) is 24.1 Å². The maximum absolute atomic E-state index is 11.3. The van der Waals surface area contributed by atoms with E-state index in [0.29, 0.717) is 42.9 Å². The molecule has 0 atom stereocenters. The maximum Gasteiger partial charge on any atom is 0.334 e. The molecule has 0 bridgehead atoms. The summed E-state index contributed by atoms with van der Waals surface area (Å²) in [5.74, 6) is 0.269. The highest BCUT2D eigenvalue weighted by Crippen LogP contribution is 2.32. The van der Waals surface area contributed by atoms with E-state index < -0.39 is 4.92 Å². The second-order valence-electron chi connectivity index (χ2n) is 6.35. The van der Waals surface area contributed by atoms with Gasteiger partial charge in [-0.2, -0.15) is 10.4 Å². The number of anilines is 3. The van der Waals surface area contributed by atoms with Gasteiger partial charge in [-0.05, 0) is 38.0 Å². The Balaban J connectivity index is 1.89. The van der Waals surface area contributed by atoms with Gasteiger partial charge in [-0.3, -0.25) is 10.1 Å². The highest BCUT2D eigenvalue weighted by molar-refractivity contribution is 5.72. The second kappa shape index (κ2) is 7.01. The van der Waals surface area contributed by atoms with Gasteiger partial charge in [-0.15, -0.1) is 0 Å². The van der Waals surface area contributed by atoms with E-state index in [2.05, 4.69) is 21.4 Å². The monoisotopic (exact) mass is 356 g/mol. The molecule has 3 rings (SSSR count). The van der Waals surface area contributed by atoms with E-state index in [1.807, 2.05) is 6.07 Å². The molecule has 0 aliphatic carbocycles. The van der Waals surface area contributed by atoms with Crippen LogP contribution in [0.15, 0.2) is 18.2 Å². The van der Waals surface area contributed by atoms with Crippen molar-refractivity contribution in [3.63, 3.8) is 0 Å². The lowest BCUT2D eigenvalue weighted by atomic mass is 10.0. The quantitative estimate of drug-likeness (QED) is 0.636. The van der Waals surface area contributed by atoms with Crippen molar-refractivity contribution in [2.75, 3.05) is 23.3 Å². The van der Waals surface area contributed by atoms with Crippen molar-refractivity contribution < 1.29 is 10.0 Å². The highest BCUT2D eigenvalue weighted by atomic mass is 16.6. The Morgan fingerprint density at radius 2 is 2.12 bits per heavy atom. The fraction of sp³-hybridized carbons (Fsp3) is 0.412. The minimum absolute atomic E-state index is 0.0832. The molecule has 0 radical (unpaired) electrons. The summed E-state index contributed by atoms with van der Waals surface area (Å²) in [6, 6.07) is 7.47. The van der Waals surface area contributed by atoms with Crippen LogP contribution in [0.25, 0.3) is 0 Å². The first-order valence-electron chi connectivity index (χ1n) is 8.33. The molecule has 1 saturated heterocycles. The predicted molar refractivity (Wildman–Crippen MR) is 96.5 cm³/mol. The lowest BCUT2D eigenvalue weighted by molar-refractivity contribution is -0.384. The van der Waals surface area contributed by atoms with E-state index in [0.717, 1.165) is 5.69 Å². The summed E-state index contributed by atoms with van der Waals surface area (Å²) >= 11 is 0. The highest BCUT2D eigenvalue weighted by Gasteiger charge is 2.25. The van der Waals surface area contributed by atoms with E-state index in [1.165, 1.54) is 4.68 Å². The normalized spacial score (nSPS) is 14.9. The molecule has 0 spiro atoms. The molecule has 1 aromatic heterocycles. The first-order valence-corrected chi connectivity index (χ1v) is 8.33. The van der Waals surface area contributed by atoms with Crippen molar-refractivity contribution >= 4 is 22.9 Å². The van der Waals surface area contributed by atoms with Gasteiger partial charge >= 0.3 is 5.69 Å². The molecule has 1 aliphatic heterocycles. The molecule has 136 valence electrons. The van der Waals surface area contributed by atoms with Gasteiger partial charge in [0, 0.05) is 25.8 Å². The zero-order valence-electron chi connectivity index (χ0n) is 14.6. The van der Waals surface area contributed by atoms with Crippen molar-refractivity contribution in [1.29, 1.82) is 5.26 Å². The number of aliphatic hydroxyl groups is 1. The van der Waals surface area contributed by atoms with Gasteiger partial charge in [-0.25, -0.2) is 4.68 Å². The van der Waals surface area contributed by atoms with Crippen LogP contribution in [-0.2, 0) is 7.05 Å². The first kappa shape index (κ1) is 17.7. The molecule has 9 heteroatoms. The minimum atomic E-state index is -0.469. The van der Waals surface area contributed by atoms with Gasteiger partial charge in [-0.1, -0.05) is 0 Å². The lowest BCUT2D eigenvalue weighted by Crippen LogP contribution is -2.36. The van der Waals surface area contributed by atoms with Gasteiger partial charge in [0.2, 0.25) is 5.82 Å². The molecule has 1 aromatic carbocycles. The van der Waals surface area contributed by atoms with Gasteiger partial charge in [0.05, 0.1) is 22.3 Å². The molecule has 1 aliphatic rings. The largest absolute Gasteiger partial charge is 0.393 e. The molecular weight excluding hydrogens is 336 g/mol. The van der Waals surface area contributed by atoms with E-state index >= 15 is 0 Å². The molecule has 9 nitrogen and oxygen atoms in total. The number of hydrogen-bond donors (Lipinski definition) is 2. The Morgan fingerprint density at radius 3 is 2.73 bits per heavy atom. The average Bonchev–Trinajstić information content (AvgIpc) is 2.89. The van der Waals surface area contributed by atoms with Crippen LogP contribution >= 0.6 is 0 Å². The summed E-state index contributed by atoms with van der Waals surface area (Å²) in [6.45, 7) is 2.96. The number of nitriles is 1. The third-order valence-electron chi connectivity index (χ3n) is 4.56. The average molecular weight is 356 g/mol. The first-order chi connectivity index (χ1) is 12.4. The summed E-state index contributed by atoms with van der Waals surface area (Å²) in [5, 5.41) is 37.5. The maximum atomic E-state index is 11.3. The van der Waals surface area contributed by atoms with E-state index in [-0.39, 0.29) is 17.6 Å². The van der Waals surface area contributed by atoms with Gasteiger partial charge < -0.3 is 15.3 Å². The van der Waals surface area contributed by atoms with Crippen molar-refractivity contribution in [2.24, 2.45) is 7.05 Å². The van der Waals surface area contributed by atoms with Crippen LogP contribution in [0.5, 0.6) is 0 Å². The van der Waals surface area contributed by atoms with Crippen LogP contribution < -0.4 is 10.2 Å². The van der Waals surface area contributed by atoms with Crippen LogP contribution in [0, 0.1) is 28.4 Å².